The van der Waals surface area contributed by atoms with Crippen LogP contribution in [0.3, 0.4) is 0 Å². The van der Waals surface area contributed by atoms with Gasteiger partial charge in [0.2, 0.25) is 0 Å². The molecule has 0 radical (unpaired) electrons. The zero-order valence-electron chi connectivity index (χ0n) is 6.83. The monoisotopic (exact) mass is 320 g/mol. The number of alkyl halides is 3. The van der Waals surface area contributed by atoms with E-state index in [1.807, 2.05) is 0 Å². The molecule has 0 atom stereocenters. The Balaban J connectivity index is 3.45. The van der Waals surface area contributed by atoms with Crippen molar-refractivity contribution in [2.75, 3.05) is 0 Å². The third-order valence-corrected chi connectivity index (χ3v) is 3.16. The predicted octanol–water partition coefficient (Wildman–Crippen LogP) is 4.50. The van der Waals surface area contributed by atoms with Gasteiger partial charge >= 0.3 is 6.18 Å². The number of benzene rings is 1. The van der Waals surface area contributed by atoms with Gasteiger partial charge in [0.1, 0.15) is 0 Å². The molecule has 0 spiro atoms. The van der Waals surface area contributed by atoms with Crippen LogP contribution in [0, 0.1) is 0 Å². The lowest BCUT2D eigenvalue weighted by Gasteiger charge is -2.11. The van der Waals surface area contributed by atoms with Gasteiger partial charge in [-0.2, -0.15) is 13.2 Å². The van der Waals surface area contributed by atoms with Crippen molar-refractivity contribution in [3.8, 4) is 0 Å². The first-order valence-electron chi connectivity index (χ1n) is 3.49. The van der Waals surface area contributed by atoms with Crippen molar-refractivity contribution in [3.63, 3.8) is 0 Å². The Bertz CT molecular complexity index is 417. The van der Waals surface area contributed by atoms with Crippen LogP contribution in [0.5, 0.6) is 0 Å². The zero-order chi connectivity index (χ0) is 11.8. The van der Waals surface area contributed by atoms with Gasteiger partial charge in [-0.05, 0) is 39.7 Å². The first kappa shape index (κ1) is 12.8. The molecule has 1 aromatic rings. The van der Waals surface area contributed by atoms with Gasteiger partial charge in [0.15, 0.2) is 0 Å². The van der Waals surface area contributed by atoms with Gasteiger partial charge in [-0.25, -0.2) is 0 Å². The maximum atomic E-state index is 12.4. The van der Waals surface area contributed by atoms with Crippen LogP contribution in [0.1, 0.15) is 15.9 Å². The van der Waals surface area contributed by atoms with Crippen LogP contribution in [0.2, 0.25) is 5.02 Å². The molecule has 82 valence electrons. The molecule has 1 nitrogen and oxygen atoms in total. The van der Waals surface area contributed by atoms with Crippen LogP contribution < -0.4 is 0 Å². The average molecular weight is 322 g/mol. The van der Waals surface area contributed by atoms with E-state index < -0.39 is 17.0 Å². The van der Waals surface area contributed by atoms with Crippen LogP contribution in [0.25, 0.3) is 0 Å². The van der Waals surface area contributed by atoms with Crippen LogP contribution in [-0.2, 0) is 6.18 Å². The Labute approximate surface area is 101 Å². The zero-order valence-corrected chi connectivity index (χ0v) is 9.93. The van der Waals surface area contributed by atoms with E-state index in [1.54, 1.807) is 0 Å². The van der Waals surface area contributed by atoms with Crippen molar-refractivity contribution >= 4 is 44.4 Å². The van der Waals surface area contributed by atoms with E-state index in [-0.39, 0.29) is 15.1 Å². The molecule has 15 heavy (non-hydrogen) atoms. The minimum atomic E-state index is -4.59. The van der Waals surface area contributed by atoms with E-state index >= 15 is 0 Å². The molecule has 0 aliphatic rings. The predicted molar refractivity (Wildman–Crippen MR) is 54.3 cm³/mol. The summed E-state index contributed by atoms with van der Waals surface area (Å²) in [6.07, 6.45) is -4.59. The van der Waals surface area contributed by atoms with Crippen molar-refractivity contribution in [1.82, 2.24) is 0 Å². The minimum absolute atomic E-state index is 0.214. The Morgan fingerprint density at radius 1 is 1.33 bits per heavy atom. The summed E-state index contributed by atoms with van der Waals surface area (Å²) < 4.78 is 37.0. The quantitative estimate of drug-likeness (QED) is 0.696. The van der Waals surface area contributed by atoms with Gasteiger partial charge < -0.3 is 0 Å². The van der Waals surface area contributed by atoms with E-state index in [4.69, 9.17) is 23.2 Å². The summed E-state index contributed by atoms with van der Waals surface area (Å²) in [5, 5.41) is -1.20. The van der Waals surface area contributed by atoms with Gasteiger partial charge in [0, 0.05) is 10.0 Å². The highest BCUT2D eigenvalue weighted by molar-refractivity contribution is 9.10. The lowest BCUT2D eigenvalue weighted by Crippen LogP contribution is -2.08. The normalized spacial score (nSPS) is 11.6. The molecule has 0 aliphatic carbocycles. The first-order chi connectivity index (χ1) is 6.73. The van der Waals surface area contributed by atoms with Gasteiger partial charge in [-0.3, -0.25) is 4.79 Å². The Kier molecular flexibility index (Phi) is 3.68. The number of hydrogen-bond acceptors (Lipinski definition) is 1. The molecule has 1 rings (SSSR count). The van der Waals surface area contributed by atoms with Crippen molar-refractivity contribution < 1.29 is 18.0 Å². The Hall–Kier alpha value is -0.260. The molecule has 0 fully saturated rings. The molecule has 0 heterocycles. The lowest BCUT2D eigenvalue weighted by molar-refractivity contribution is -0.138. The van der Waals surface area contributed by atoms with Gasteiger partial charge in [-0.1, -0.05) is 11.6 Å². The molecule has 0 unspecified atom stereocenters. The Morgan fingerprint density at radius 3 is 2.27 bits per heavy atom. The van der Waals surface area contributed by atoms with Gasteiger partial charge in [-0.15, -0.1) is 0 Å². The Morgan fingerprint density at radius 2 is 1.87 bits per heavy atom. The molecule has 0 aliphatic heterocycles. The standard InChI is InChI=1S/C8H2BrCl2F3O/c9-6-4(8(12,13)14)1-3(7(11)15)2-5(6)10/h1-2H. The largest absolute Gasteiger partial charge is 0.417 e. The molecule has 0 saturated carbocycles. The number of carbonyl (C=O) groups excluding carboxylic acids is 1. The molecule has 0 saturated heterocycles. The average Bonchev–Trinajstić information content (AvgIpc) is 2.06. The van der Waals surface area contributed by atoms with E-state index in [0.29, 0.717) is 6.07 Å². The fraction of sp³-hybridized carbons (Fsp3) is 0.125. The number of carbonyl (C=O) groups is 1. The first-order valence-corrected chi connectivity index (χ1v) is 5.04. The summed E-state index contributed by atoms with van der Waals surface area (Å²) in [5.41, 5.74) is -1.32. The van der Waals surface area contributed by atoms with E-state index in [9.17, 15) is 18.0 Å². The van der Waals surface area contributed by atoms with E-state index in [0.717, 1.165) is 6.07 Å². The number of rotatable bonds is 1. The van der Waals surface area contributed by atoms with Crippen LogP contribution in [0.4, 0.5) is 13.2 Å². The maximum absolute atomic E-state index is 12.4. The smallest absolute Gasteiger partial charge is 0.276 e. The van der Waals surface area contributed by atoms with Crippen LogP contribution >= 0.6 is 39.1 Å². The highest BCUT2D eigenvalue weighted by atomic mass is 79.9. The summed E-state index contributed by atoms with van der Waals surface area (Å²) in [6.45, 7) is 0. The van der Waals surface area contributed by atoms with Crippen LogP contribution in [0.15, 0.2) is 16.6 Å². The SMILES string of the molecule is O=C(Cl)c1cc(Cl)c(Br)c(C(F)(F)F)c1. The summed E-state index contributed by atoms with van der Waals surface area (Å²) in [4.78, 5) is 10.7. The van der Waals surface area contributed by atoms with Crippen molar-refractivity contribution in [2.24, 2.45) is 0 Å². The molecule has 0 aromatic heterocycles. The van der Waals surface area contributed by atoms with Crippen molar-refractivity contribution in [2.45, 2.75) is 6.18 Å². The highest BCUT2D eigenvalue weighted by Gasteiger charge is 2.34. The van der Waals surface area contributed by atoms with Gasteiger partial charge in [0.25, 0.3) is 5.24 Å². The maximum Gasteiger partial charge on any atom is 0.417 e. The second kappa shape index (κ2) is 4.31. The topological polar surface area (TPSA) is 17.1 Å². The number of hydrogen-bond donors (Lipinski definition) is 0. The van der Waals surface area contributed by atoms with Crippen LogP contribution in [-0.4, -0.2) is 5.24 Å². The second-order valence-electron chi connectivity index (χ2n) is 2.59. The third-order valence-electron chi connectivity index (χ3n) is 1.56. The third kappa shape index (κ3) is 2.86. The minimum Gasteiger partial charge on any atom is -0.276 e. The highest BCUT2D eigenvalue weighted by Crippen LogP contribution is 2.39. The fourth-order valence-electron chi connectivity index (χ4n) is 0.909. The fourth-order valence-corrected chi connectivity index (χ4v) is 1.69. The summed E-state index contributed by atoms with van der Waals surface area (Å²) in [7, 11) is 0. The van der Waals surface area contributed by atoms with E-state index in [1.165, 1.54) is 0 Å². The second-order valence-corrected chi connectivity index (χ2v) is 4.13. The molecule has 1 aromatic carbocycles. The molecule has 0 N–H and O–H groups in total. The van der Waals surface area contributed by atoms with Crippen molar-refractivity contribution in [1.29, 1.82) is 0 Å². The van der Waals surface area contributed by atoms with Crippen molar-refractivity contribution in [3.05, 3.63) is 32.8 Å². The molecular formula is C8H2BrCl2F3O. The molecule has 0 bridgehead atoms. The molecule has 7 heteroatoms. The molecule has 0 amide bonds. The van der Waals surface area contributed by atoms with Gasteiger partial charge in [0.05, 0.1) is 10.6 Å². The summed E-state index contributed by atoms with van der Waals surface area (Å²) in [6, 6.07) is 1.71. The summed E-state index contributed by atoms with van der Waals surface area (Å²) >= 11 is 13.3. The lowest BCUT2D eigenvalue weighted by atomic mass is 10.1. The molecular weight excluding hydrogens is 320 g/mol. The number of halogens is 6. The summed E-state index contributed by atoms with van der Waals surface area (Å²) in [5.74, 6) is 0. The van der Waals surface area contributed by atoms with E-state index in [2.05, 4.69) is 15.9 Å².